The molecule has 0 unspecified atom stereocenters. The fourth-order valence-electron chi connectivity index (χ4n) is 1.74. The van der Waals surface area contributed by atoms with Crippen LogP contribution < -0.4 is 5.32 Å². The lowest BCUT2D eigenvalue weighted by molar-refractivity contribution is -0.143. The summed E-state index contributed by atoms with van der Waals surface area (Å²) >= 11 is 0. The summed E-state index contributed by atoms with van der Waals surface area (Å²) in [5.41, 5.74) is 2.03. The van der Waals surface area contributed by atoms with E-state index in [2.05, 4.69) is 10.1 Å². The van der Waals surface area contributed by atoms with Crippen LogP contribution in [0.3, 0.4) is 0 Å². The number of nitrogens with zero attached hydrogens (tertiary/aromatic N) is 1. The number of imide groups is 1. The molecule has 3 amide bonds. The Morgan fingerprint density at radius 2 is 1.95 bits per heavy atom. The molecule has 104 valence electrons. The van der Waals surface area contributed by atoms with Gasteiger partial charge in [0.15, 0.2) is 0 Å². The van der Waals surface area contributed by atoms with Gasteiger partial charge < -0.3 is 10.1 Å². The first-order valence-electron chi connectivity index (χ1n) is 5.99. The Morgan fingerprint density at radius 1 is 1.30 bits per heavy atom. The van der Waals surface area contributed by atoms with Crippen molar-refractivity contribution >= 4 is 24.0 Å². The van der Waals surface area contributed by atoms with Crippen molar-refractivity contribution in [3.05, 3.63) is 41.1 Å². The number of nitrogens with one attached hydrogen (secondary N) is 1. The molecule has 2 rings (SSSR count). The normalized spacial score (nSPS) is 16.5. The molecule has 1 aromatic rings. The molecule has 0 aromatic heterocycles. The van der Waals surface area contributed by atoms with Gasteiger partial charge in [0, 0.05) is 0 Å². The van der Waals surface area contributed by atoms with Gasteiger partial charge in [0.25, 0.3) is 5.91 Å². The first-order valence-corrected chi connectivity index (χ1v) is 5.99. The minimum atomic E-state index is -0.648. The van der Waals surface area contributed by atoms with Gasteiger partial charge in [0.2, 0.25) is 0 Å². The van der Waals surface area contributed by atoms with Gasteiger partial charge in [0.1, 0.15) is 12.2 Å². The van der Waals surface area contributed by atoms with E-state index in [0.29, 0.717) is 0 Å². The Morgan fingerprint density at radius 3 is 2.55 bits per heavy atom. The Labute approximate surface area is 116 Å². The van der Waals surface area contributed by atoms with Crippen molar-refractivity contribution in [1.82, 2.24) is 10.2 Å². The number of rotatable bonds is 3. The molecular formula is C14H14N2O4. The number of hydrogen-bond donors (Lipinski definition) is 1. The van der Waals surface area contributed by atoms with Gasteiger partial charge in [-0.3, -0.25) is 9.59 Å². The third-order valence-corrected chi connectivity index (χ3v) is 2.87. The predicted molar refractivity (Wildman–Crippen MR) is 71.4 cm³/mol. The van der Waals surface area contributed by atoms with Gasteiger partial charge in [-0.05, 0) is 18.6 Å². The highest BCUT2D eigenvalue weighted by Gasteiger charge is 2.35. The van der Waals surface area contributed by atoms with Crippen LogP contribution in [0.15, 0.2) is 30.0 Å². The van der Waals surface area contributed by atoms with Crippen molar-refractivity contribution in [3.8, 4) is 0 Å². The fraction of sp³-hybridized carbons (Fsp3) is 0.214. The molecule has 1 aliphatic heterocycles. The van der Waals surface area contributed by atoms with Crippen LogP contribution in [0.2, 0.25) is 0 Å². The van der Waals surface area contributed by atoms with Crippen molar-refractivity contribution in [1.29, 1.82) is 0 Å². The highest BCUT2D eigenvalue weighted by molar-refractivity contribution is 6.15. The maximum absolute atomic E-state index is 12.0. The number of aryl methyl sites for hydroxylation is 1. The standard InChI is InChI=1S/C14H14N2O4/c1-9-3-5-10(6-4-9)7-11-13(18)16(14(19)15-11)8-12(17)20-2/h3-7H,8H2,1-2H3,(H,15,19)/b11-7+. The average Bonchev–Trinajstić information content (AvgIpc) is 2.69. The summed E-state index contributed by atoms with van der Waals surface area (Å²) < 4.78 is 4.44. The minimum Gasteiger partial charge on any atom is -0.468 e. The molecule has 1 fully saturated rings. The van der Waals surface area contributed by atoms with E-state index in [9.17, 15) is 14.4 Å². The fourth-order valence-corrected chi connectivity index (χ4v) is 1.74. The monoisotopic (exact) mass is 274 g/mol. The first-order chi connectivity index (χ1) is 9.51. The average molecular weight is 274 g/mol. The SMILES string of the molecule is COC(=O)CN1C(=O)N/C(=C/c2ccc(C)cc2)C1=O. The molecule has 1 aliphatic rings. The summed E-state index contributed by atoms with van der Waals surface area (Å²) in [5, 5.41) is 2.44. The lowest BCUT2D eigenvalue weighted by Crippen LogP contribution is -2.36. The van der Waals surface area contributed by atoms with E-state index in [1.54, 1.807) is 6.08 Å². The van der Waals surface area contributed by atoms with Crippen LogP contribution in [-0.4, -0.2) is 36.5 Å². The Kier molecular flexibility index (Phi) is 3.84. The molecule has 0 saturated carbocycles. The Hall–Kier alpha value is -2.63. The van der Waals surface area contributed by atoms with Gasteiger partial charge in [-0.15, -0.1) is 0 Å². The zero-order valence-electron chi connectivity index (χ0n) is 11.2. The molecule has 0 spiro atoms. The minimum absolute atomic E-state index is 0.141. The second kappa shape index (κ2) is 5.56. The first kappa shape index (κ1) is 13.8. The Balaban J connectivity index is 2.19. The lowest BCUT2D eigenvalue weighted by atomic mass is 10.1. The van der Waals surface area contributed by atoms with E-state index < -0.39 is 24.5 Å². The third-order valence-electron chi connectivity index (χ3n) is 2.87. The molecule has 20 heavy (non-hydrogen) atoms. The summed E-state index contributed by atoms with van der Waals surface area (Å²) in [6, 6.07) is 6.86. The number of benzene rings is 1. The topological polar surface area (TPSA) is 75.7 Å². The van der Waals surface area contributed by atoms with Crippen molar-refractivity contribution < 1.29 is 19.1 Å². The second-order valence-corrected chi connectivity index (χ2v) is 4.37. The smallest absolute Gasteiger partial charge is 0.329 e. The molecule has 6 heteroatoms. The highest BCUT2D eigenvalue weighted by atomic mass is 16.5. The highest BCUT2D eigenvalue weighted by Crippen LogP contribution is 2.14. The second-order valence-electron chi connectivity index (χ2n) is 4.37. The van der Waals surface area contributed by atoms with Crippen molar-refractivity contribution in [3.63, 3.8) is 0 Å². The molecule has 1 saturated heterocycles. The summed E-state index contributed by atoms with van der Waals surface area (Å²) in [6.07, 6.45) is 1.57. The van der Waals surface area contributed by atoms with Crippen LogP contribution >= 0.6 is 0 Å². The number of ether oxygens (including phenoxy) is 1. The molecule has 1 N–H and O–H groups in total. The number of methoxy groups -OCH3 is 1. The predicted octanol–water partition coefficient (Wildman–Crippen LogP) is 1.06. The van der Waals surface area contributed by atoms with E-state index in [-0.39, 0.29) is 5.70 Å². The number of carbonyl (C=O) groups is 3. The van der Waals surface area contributed by atoms with E-state index in [0.717, 1.165) is 16.0 Å². The largest absolute Gasteiger partial charge is 0.468 e. The van der Waals surface area contributed by atoms with Crippen LogP contribution in [0, 0.1) is 6.92 Å². The van der Waals surface area contributed by atoms with Crippen molar-refractivity contribution in [2.24, 2.45) is 0 Å². The van der Waals surface area contributed by atoms with Gasteiger partial charge in [-0.1, -0.05) is 29.8 Å². The number of carbonyl (C=O) groups excluding carboxylic acids is 3. The van der Waals surface area contributed by atoms with Crippen molar-refractivity contribution in [2.45, 2.75) is 6.92 Å². The van der Waals surface area contributed by atoms with Crippen LogP contribution in [-0.2, 0) is 14.3 Å². The number of amides is 3. The maximum Gasteiger partial charge on any atom is 0.329 e. The van der Waals surface area contributed by atoms with Crippen LogP contribution in [0.1, 0.15) is 11.1 Å². The zero-order chi connectivity index (χ0) is 14.7. The third kappa shape index (κ3) is 2.85. The number of urea groups is 1. The molecule has 1 heterocycles. The van der Waals surface area contributed by atoms with Crippen molar-refractivity contribution in [2.75, 3.05) is 13.7 Å². The summed E-state index contributed by atoms with van der Waals surface area (Å²) in [4.78, 5) is 35.6. The van der Waals surface area contributed by atoms with Crippen LogP contribution in [0.5, 0.6) is 0 Å². The zero-order valence-corrected chi connectivity index (χ0v) is 11.2. The molecule has 0 aliphatic carbocycles. The molecule has 0 atom stereocenters. The van der Waals surface area contributed by atoms with E-state index >= 15 is 0 Å². The van der Waals surface area contributed by atoms with Gasteiger partial charge >= 0.3 is 12.0 Å². The Bertz CT molecular complexity index is 590. The van der Waals surface area contributed by atoms with E-state index in [4.69, 9.17) is 0 Å². The number of esters is 1. The summed E-state index contributed by atoms with van der Waals surface area (Å²) in [7, 11) is 1.20. The molecule has 0 radical (unpaired) electrons. The summed E-state index contributed by atoms with van der Waals surface area (Å²) in [5.74, 6) is -1.19. The van der Waals surface area contributed by atoms with E-state index in [1.807, 2.05) is 31.2 Å². The van der Waals surface area contributed by atoms with Gasteiger partial charge in [-0.2, -0.15) is 0 Å². The molecule has 0 bridgehead atoms. The van der Waals surface area contributed by atoms with Crippen LogP contribution in [0.4, 0.5) is 4.79 Å². The molecular weight excluding hydrogens is 260 g/mol. The summed E-state index contributed by atoms with van der Waals surface area (Å²) in [6.45, 7) is 1.56. The molecule has 1 aromatic carbocycles. The molecule has 6 nitrogen and oxygen atoms in total. The lowest BCUT2D eigenvalue weighted by Gasteiger charge is -2.08. The van der Waals surface area contributed by atoms with Gasteiger partial charge in [-0.25, -0.2) is 9.69 Å². The quantitative estimate of drug-likeness (QED) is 0.508. The van der Waals surface area contributed by atoms with Crippen LogP contribution in [0.25, 0.3) is 6.08 Å². The van der Waals surface area contributed by atoms with Gasteiger partial charge in [0.05, 0.1) is 7.11 Å². The number of hydrogen-bond acceptors (Lipinski definition) is 4. The van der Waals surface area contributed by atoms with E-state index in [1.165, 1.54) is 7.11 Å². The maximum atomic E-state index is 12.0.